The second-order valence-corrected chi connectivity index (χ2v) is 7.97. The maximum absolute atomic E-state index is 13.3. The largest absolute Gasteiger partial charge is 0.493 e. The first kappa shape index (κ1) is 20.4. The minimum absolute atomic E-state index is 0.00639. The number of nitrogens with zero attached hydrogens (tertiary/aromatic N) is 2. The highest BCUT2D eigenvalue weighted by Crippen LogP contribution is 2.43. The second kappa shape index (κ2) is 8.90. The maximum atomic E-state index is 13.3. The van der Waals surface area contributed by atoms with E-state index in [1.165, 1.54) is 19.3 Å². The van der Waals surface area contributed by atoms with E-state index in [2.05, 4.69) is 22.1 Å². The summed E-state index contributed by atoms with van der Waals surface area (Å²) in [6.45, 7) is 1.42. The Labute approximate surface area is 177 Å². The molecule has 162 valence electrons. The summed E-state index contributed by atoms with van der Waals surface area (Å²) in [7, 11) is 4.81. The van der Waals surface area contributed by atoms with E-state index in [9.17, 15) is 4.79 Å². The van der Waals surface area contributed by atoms with Crippen molar-refractivity contribution in [3.8, 4) is 17.2 Å². The molecule has 0 bridgehead atoms. The normalized spacial score (nSPS) is 19.2. The van der Waals surface area contributed by atoms with E-state index in [1.807, 2.05) is 23.1 Å². The van der Waals surface area contributed by atoms with Gasteiger partial charge in [0.2, 0.25) is 5.75 Å². The number of hydrogen-bond acceptors (Lipinski definition) is 4. The van der Waals surface area contributed by atoms with Crippen LogP contribution >= 0.6 is 0 Å². The Morgan fingerprint density at radius 3 is 2.33 bits per heavy atom. The predicted molar refractivity (Wildman–Crippen MR) is 114 cm³/mol. The summed E-state index contributed by atoms with van der Waals surface area (Å²) in [6, 6.07) is 8.02. The third kappa shape index (κ3) is 3.80. The van der Waals surface area contributed by atoms with E-state index in [-0.39, 0.29) is 18.1 Å². The summed E-state index contributed by atoms with van der Waals surface area (Å²) in [5, 5.41) is 3.28. The van der Waals surface area contributed by atoms with E-state index in [0.29, 0.717) is 23.8 Å². The zero-order valence-corrected chi connectivity index (χ0v) is 18.0. The first-order valence-corrected chi connectivity index (χ1v) is 10.7. The molecule has 1 atom stereocenters. The van der Waals surface area contributed by atoms with Crippen molar-refractivity contribution >= 4 is 6.03 Å². The molecule has 1 aliphatic heterocycles. The van der Waals surface area contributed by atoms with Crippen molar-refractivity contribution in [2.24, 2.45) is 0 Å². The van der Waals surface area contributed by atoms with Gasteiger partial charge in [0.15, 0.2) is 11.5 Å². The van der Waals surface area contributed by atoms with Crippen LogP contribution in [0.25, 0.3) is 0 Å². The van der Waals surface area contributed by atoms with Gasteiger partial charge in [0, 0.05) is 31.0 Å². The minimum atomic E-state index is -0.231. The van der Waals surface area contributed by atoms with Crippen molar-refractivity contribution in [2.75, 3.05) is 27.9 Å². The fourth-order valence-electron chi connectivity index (χ4n) is 4.72. The molecule has 0 unspecified atom stereocenters. The van der Waals surface area contributed by atoms with Crippen LogP contribution in [0, 0.1) is 0 Å². The van der Waals surface area contributed by atoms with Crippen LogP contribution in [0.2, 0.25) is 0 Å². The van der Waals surface area contributed by atoms with Gasteiger partial charge < -0.3 is 29.0 Å². The fraction of sp³-hybridized carbons (Fsp3) is 0.522. The number of rotatable bonds is 5. The lowest BCUT2D eigenvalue weighted by atomic mass is 9.95. The minimum Gasteiger partial charge on any atom is -0.493 e. The number of ether oxygens (including phenoxy) is 3. The van der Waals surface area contributed by atoms with Crippen LogP contribution in [0.15, 0.2) is 30.5 Å². The van der Waals surface area contributed by atoms with Gasteiger partial charge in [-0.25, -0.2) is 4.79 Å². The lowest BCUT2D eigenvalue weighted by Gasteiger charge is -2.38. The highest BCUT2D eigenvalue weighted by atomic mass is 16.5. The number of urea groups is 1. The highest BCUT2D eigenvalue weighted by Gasteiger charge is 2.34. The summed E-state index contributed by atoms with van der Waals surface area (Å²) in [4.78, 5) is 15.3. The van der Waals surface area contributed by atoms with Crippen molar-refractivity contribution < 1.29 is 19.0 Å². The van der Waals surface area contributed by atoms with Gasteiger partial charge in [0.1, 0.15) is 0 Å². The topological polar surface area (TPSA) is 65.0 Å². The van der Waals surface area contributed by atoms with Gasteiger partial charge in [-0.05, 0) is 42.7 Å². The van der Waals surface area contributed by atoms with Gasteiger partial charge in [0.05, 0.1) is 27.4 Å². The summed E-state index contributed by atoms with van der Waals surface area (Å²) < 4.78 is 18.8. The Morgan fingerprint density at radius 2 is 1.70 bits per heavy atom. The molecule has 7 heteroatoms. The Kier molecular flexibility index (Phi) is 6.06. The van der Waals surface area contributed by atoms with Crippen LogP contribution in [0.1, 0.15) is 49.4 Å². The Bertz CT molecular complexity index is 863. The number of fused-ring (bicyclic) bond motifs is 1. The molecule has 7 nitrogen and oxygen atoms in total. The molecular weight excluding hydrogens is 382 g/mol. The average molecular weight is 414 g/mol. The third-order valence-corrected chi connectivity index (χ3v) is 6.23. The van der Waals surface area contributed by atoms with Gasteiger partial charge in [-0.15, -0.1) is 0 Å². The fourth-order valence-corrected chi connectivity index (χ4v) is 4.72. The zero-order valence-electron chi connectivity index (χ0n) is 18.0. The average Bonchev–Trinajstić information content (AvgIpc) is 3.26. The van der Waals surface area contributed by atoms with E-state index >= 15 is 0 Å². The number of amides is 2. The number of hydrogen-bond donors (Lipinski definition) is 1. The molecule has 2 aromatic rings. The second-order valence-electron chi connectivity index (χ2n) is 7.97. The van der Waals surface area contributed by atoms with Crippen molar-refractivity contribution in [3.63, 3.8) is 0 Å². The molecular formula is C23H31N3O4. The standard InChI is InChI=1S/C23H31N3O4/c1-28-19-14-16(15-20(29-2)22(19)30-3)21-18-10-7-11-25(18)12-13-26(21)23(27)24-17-8-5-4-6-9-17/h7,10-11,14-15,17,21H,4-6,8-9,12-13H2,1-3H3,(H,24,27)/t21-/m0/s1. The third-order valence-electron chi connectivity index (χ3n) is 6.23. The molecule has 0 radical (unpaired) electrons. The molecule has 2 aliphatic rings. The molecule has 2 heterocycles. The first-order chi connectivity index (χ1) is 14.7. The smallest absolute Gasteiger partial charge is 0.318 e. The van der Waals surface area contributed by atoms with Crippen molar-refractivity contribution in [3.05, 3.63) is 41.7 Å². The monoisotopic (exact) mass is 413 g/mol. The SMILES string of the molecule is COc1cc([C@H]2c3cccn3CCN2C(=O)NC2CCCCC2)cc(OC)c1OC. The number of carbonyl (C=O) groups excluding carboxylic acids is 1. The number of benzene rings is 1. The molecule has 1 aliphatic carbocycles. The Hall–Kier alpha value is -2.83. The first-order valence-electron chi connectivity index (χ1n) is 10.7. The van der Waals surface area contributed by atoms with Crippen LogP contribution in [-0.4, -0.2) is 49.4 Å². The van der Waals surface area contributed by atoms with Crippen LogP contribution < -0.4 is 19.5 Å². The molecule has 1 saturated carbocycles. The summed E-state index contributed by atoms with van der Waals surface area (Å²) in [5.41, 5.74) is 2.01. The van der Waals surface area contributed by atoms with Crippen molar-refractivity contribution in [1.82, 2.24) is 14.8 Å². The van der Waals surface area contributed by atoms with E-state index in [0.717, 1.165) is 30.6 Å². The summed E-state index contributed by atoms with van der Waals surface area (Å²) in [5.74, 6) is 1.72. The molecule has 1 fully saturated rings. The van der Waals surface area contributed by atoms with Gasteiger partial charge >= 0.3 is 6.03 Å². The zero-order chi connectivity index (χ0) is 21.1. The number of aromatic nitrogens is 1. The van der Waals surface area contributed by atoms with Gasteiger partial charge in [-0.2, -0.15) is 0 Å². The molecule has 4 rings (SSSR count). The quantitative estimate of drug-likeness (QED) is 0.806. The molecule has 0 saturated heterocycles. The molecule has 2 amide bonds. The van der Waals surface area contributed by atoms with Crippen molar-refractivity contribution in [2.45, 2.75) is 50.7 Å². The number of nitrogens with one attached hydrogen (secondary N) is 1. The van der Waals surface area contributed by atoms with Crippen LogP contribution in [0.3, 0.4) is 0 Å². The molecule has 1 aromatic heterocycles. The van der Waals surface area contributed by atoms with Gasteiger partial charge in [-0.1, -0.05) is 19.3 Å². The van der Waals surface area contributed by atoms with Gasteiger partial charge in [-0.3, -0.25) is 0 Å². The Morgan fingerprint density at radius 1 is 1.00 bits per heavy atom. The summed E-state index contributed by atoms with van der Waals surface area (Å²) in [6.07, 6.45) is 7.82. The lowest BCUT2D eigenvalue weighted by Crippen LogP contribution is -2.50. The molecule has 1 aromatic carbocycles. The molecule has 1 N–H and O–H groups in total. The van der Waals surface area contributed by atoms with E-state index in [1.54, 1.807) is 21.3 Å². The van der Waals surface area contributed by atoms with Gasteiger partial charge in [0.25, 0.3) is 0 Å². The van der Waals surface area contributed by atoms with E-state index in [4.69, 9.17) is 14.2 Å². The number of methoxy groups -OCH3 is 3. The van der Waals surface area contributed by atoms with E-state index < -0.39 is 0 Å². The highest BCUT2D eigenvalue weighted by molar-refractivity contribution is 5.76. The van der Waals surface area contributed by atoms with Crippen LogP contribution in [-0.2, 0) is 6.54 Å². The van der Waals surface area contributed by atoms with Crippen LogP contribution in [0.4, 0.5) is 4.79 Å². The maximum Gasteiger partial charge on any atom is 0.318 e. The molecule has 30 heavy (non-hydrogen) atoms. The lowest BCUT2D eigenvalue weighted by molar-refractivity contribution is 0.162. The van der Waals surface area contributed by atoms with Crippen molar-refractivity contribution in [1.29, 1.82) is 0 Å². The van der Waals surface area contributed by atoms with Crippen LogP contribution in [0.5, 0.6) is 17.2 Å². The molecule has 0 spiro atoms. The Balaban J connectivity index is 1.71. The summed E-state index contributed by atoms with van der Waals surface area (Å²) >= 11 is 0. The predicted octanol–water partition coefficient (Wildman–Crippen LogP) is 3.96. The number of carbonyl (C=O) groups is 1.